The van der Waals surface area contributed by atoms with Gasteiger partial charge in [0.25, 0.3) is 0 Å². The number of nitrogens with one attached hydrogen (secondary N) is 2. The smallest absolute Gasteiger partial charge is 0.119 e. The summed E-state index contributed by atoms with van der Waals surface area (Å²) < 4.78 is 7.20. The Morgan fingerprint density at radius 2 is 2.05 bits per heavy atom. The van der Waals surface area contributed by atoms with Crippen LogP contribution in [-0.2, 0) is 6.54 Å². The Labute approximate surface area is 228 Å². The van der Waals surface area contributed by atoms with E-state index in [1.165, 1.54) is 5.56 Å². The second-order valence-corrected chi connectivity index (χ2v) is 10.7. The number of thiophene rings is 1. The molecule has 4 N–H and O–H groups in total. The minimum Gasteiger partial charge on any atom is -0.494 e. The quantitative estimate of drug-likeness (QED) is 0.192. The van der Waals surface area contributed by atoms with E-state index in [1.54, 1.807) is 11.3 Å². The Balaban J connectivity index is 1.25. The summed E-state index contributed by atoms with van der Waals surface area (Å²) >= 11 is 1.68. The number of aromatic nitrogens is 1. The maximum Gasteiger partial charge on any atom is 0.119 e. The van der Waals surface area contributed by atoms with Crippen LogP contribution in [0.4, 0.5) is 11.4 Å². The summed E-state index contributed by atoms with van der Waals surface area (Å²) in [4.78, 5) is 7.02. The van der Waals surface area contributed by atoms with Crippen molar-refractivity contribution < 1.29 is 14.9 Å². The number of aliphatic hydroxyl groups excluding tert-OH is 2. The highest BCUT2D eigenvalue weighted by Gasteiger charge is 2.19. The molecule has 5 rings (SSSR count). The van der Waals surface area contributed by atoms with Crippen molar-refractivity contribution in [1.29, 1.82) is 0 Å². The van der Waals surface area contributed by atoms with Crippen molar-refractivity contribution in [3.8, 4) is 16.9 Å². The number of ether oxygens (including phenoxy) is 1. The number of rotatable bonds is 12. The molecule has 0 saturated carbocycles. The molecule has 1 atom stereocenters. The molecule has 4 aromatic rings. The van der Waals surface area contributed by atoms with Gasteiger partial charge in [-0.1, -0.05) is 24.3 Å². The Morgan fingerprint density at radius 1 is 1.16 bits per heavy atom. The first-order valence-corrected chi connectivity index (χ1v) is 14.2. The standard InChI is InChI=1S/C30H36N4O3S/c1-21-26(23-5-2-6-25(16-23)37-14-4-11-34-12-9-24(36)19-34)7-3-8-27(21)33-28-20-38-29-15-22(17-31-10-13-35)18-32-30(28)29/h2-3,5-8,15-16,18,20,24,31,33,35-36H,4,9-14,17,19H2,1H3. The molecule has 38 heavy (non-hydrogen) atoms. The third-order valence-electron chi connectivity index (χ3n) is 6.97. The number of fused-ring (bicyclic) bond motifs is 1. The van der Waals surface area contributed by atoms with Gasteiger partial charge in [0.1, 0.15) is 11.3 Å². The van der Waals surface area contributed by atoms with Gasteiger partial charge in [0, 0.05) is 50.0 Å². The zero-order chi connectivity index (χ0) is 26.3. The molecular formula is C30H36N4O3S. The van der Waals surface area contributed by atoms with Crippen LogP contribution in [0.1, 0.15) is 24.0 Å². The van der Waals surface area contributed by atoms with Gasteiger partial charge in [-0.05, 0) is 66.3 Å². The number of anilines is 2. The third kappa shape index (κ3) is 6.51. The van der Waals surface area contributed by atoms with E-state index in [2.05, 4.69) is 64.2 Å². The first-order valence-electron chi connectivity index (χ1n) is 13.3. The number of benzene rings is 2. The minimum absolute atomic E-state index is 0.129. The fourth-order valence-electron chi connectivity index (χ4n) is 4.93. The van der Waals surface area contributed by atoms with E-state index >= 15 is 0 Å². The topological polar surface area (TPSA) is 89.9 Å². The fourth-order valence-corrected chi connectivity index (χ4v) is 5.84. The molecule has 1 aliphatic rings. The summed E-state index contributed by atoms with van der Waals surface area (Å²) in [6.07, 6.45) is 3.54. The van der Waals surface area contributed by atoms with Crippen molar-refractivity contribution >= 4 is 32.9 Å². The van der Waals surface area contributed by atoms with Crippen molar-refractivity contribution in [3.05, 3.63) is 71.2 Å². The van der Waals surface area contributed by atoms with Gasteiger partial charge in [-0.25, -0.2) is 0 Å². The number of likely N-dealkylation sites (tertiary alicyclic amines) is 1. The molecule has 8 heteroatoms. The lowest BCUT2D eigenvalue weighted by Gasteiger charge is -2.16. The third-order valence-corrected chi connectivity index (χ3v) is 7.89. The number of hydrogen-bond donors (Lipinski definition) is 4. The zero-order valence-corrected chi connectivity index (χ0v) is 22.6. The second kappa shape index (κ2) is 12.7. The predicted octanol–water partition coefficient (Wildman–Crippen LogP) is 4.93. The maximum atomic E-state index is 9.69. The summed E-state index contributed by atoms with van der Waals surface area (Å²) in [6, 6.07) is 16.8. The summed E-state index contributed by atoms with van der Waals surface area (Å²) in [6.45, 7) is 6.90. The van der Waals surface area contributed by atoms with Gasteiger partial charge in [-0.3, -0.25) is 4.98 Å². The average molecular weight is 533 g/mol. The number of aliphatic hydroxyl groups is 2. The van der Waals surface area contributed by atoms with E-state index < -0.39 is 0 Å². The van der Waals surface area contributed by atoms with E-state index in [-0.39, 0.29) is 12.7 Å². The van der Waals surface area contributed by atoms with Crippen LogP contribution in [0, 0.1) is 6.92 Å². The highest BCUT2D eigenvalue weighted by molar-refractivity contribution is 7.17. The van der Waals surface area contributed by atoms with Crippen LogP contribution >= 0.6 is 11.3 Å². The highest BCUT2D eigenvalue weighted by Crippen LogP contribution is 2.35. The first-order chi connectivity index (χ1) is 18.6. The lowest BCUT2D eigenvalue weighted by atomic mass is 9.99. The van der Waals surface area contributed by atoms with Crippen LogP contribution < -0.4 is 15.4 Å². The number of hydrogen-bond acceptors (Lipinski definition) is 8. The highest BCUT2D eigenvalue weighted by atomic mass is 32.1. The largest absolute Gasteiger partial charge is 0.494 e. The number of β-amino-alcohol motifs (C(OH)–C–C–N with tert-alkyl or cyclic N) is 1. The Bertz CT molecular complexity index is 1360. The Hall–Kier alpha value is -3.01. The van der Waals surface area contributed by atoms with Gasteiger partial charge in [-0.2, -0.15) is 0 Å². The van der Waals surface area contributed by atoms with Gasteiger partial charge >= 0.3 is 0 Å². The molecule has 0 spiro atoms. The van der Waals surface area contributed by atoms with Crippen LogP contribution in [0.15, 0.2) is 60.1 Å². The van der Waals surface area contributed by atoms with Crippen molar-refractivity contribution in [2.24, 2.45) is 0 Å². The van der Waals surface area contributed by atoms with Crippen molar-refractivity contribution in [3.63, 3.8) is 0 Å². The SMILES string of the molecule is Cc1c(Nc2csc3cc(CNCCO)cnc23)cccc1-c1cccc(OCCCN2CCC(O)C2)c1. The van der Waals surface area contributed by atoms with Crippen LogP contribution in [-0.4, -0.2) is 65.6 Å². The van der Waals surface area contributed by atoms with E-state index in [9.17, 15) is 5.11 Å². The molecule has 200 valence electrons. The Morgan fingerprint density at radius 3 is 2.89 bits per heavy atom. The van der Waals surface area contributed by atoms with E-state index in [0.717, 1.165) is 76.5 Å². The van der Waals surface area contributed by atoms with Crippen LogP contribution in [0.2, 0.25) is 0 Å². The van der Waals surface area contributed by atoms with Gasteiger partial charge in [0.15, 0.2) is 0 Å². The van der Waals surface area contributed by atoms with Crippen LogP contribution in [0.25, 0.3) is 21.3 Å². The lowest BCUT2D eigenvalue weighted by molar-refractivity contribution is 0.173. The van der Waals surface area contributed by atoms with Crippen LogP contribution in [0.5, 0.6) is 5.75 Å². The molecule has 1 aliphatic heterocycles. The number of nitrogens with zero attached hydrogens (tertiary/aromatic N) is 2. The lowest BCUT2D eigenvalue weighted by Crippen LogP contribution is -2.24. The molecule has 0 bridgehead atoms. The maximum absolute atomic E-state index is 9.69. The molecule has 1 fully saturated rings. The monoisotopic (exact) mass is 532 g/mol. The zero-order valence-electron chi connectivity index (χ0n) is 21.8. The fraction of sp³-hybridized carbons (Fsp3) is 0.367. The second-order valence-electron chi connectivity index (χ2n) is 9.82. The molecule has 1 saturated heterocycles. The summed E-state index contributed by atoms with van der Waals surface area (Å²) in [5.74, 6) is 0.874. The molecule has 3 heterocycles. The van der Waals surface area contributed by atoms with Crippen LogP contribution in [0.3, 0.4) is 0 Å². The van der Waals surface area contributed by atoms with Gasteiger partial charge in [-0.15, -0.1) is 11.3 Å². The van der Waals surface area contributed by atoms with Crippen molar-refractivity contribution in [2.45, 2.75) is 32.4 Å². The summed E-state index contributed by atoms with van der Waals surface area (Å²) in [7, 11) is 0. The average Bonchev–Trinajstić information content (AvgIpc) is 3.53. The molecule has 0 amide bonds. The molecule has 2 aromatic carbocycles. The molecule has 1 unspecified atom stereocenters. The Kier molecular flexibility index (Phi) is 8.88. The minimum atomic E-state index is -0.172. The molecular weight excluding hydrogens is 496 g/mol. The predicted molar refractivity (Wildman–Crippen MR) is 155 cm³/mol. The first kappa shape index (κ1) is 26.6. The molecule has 0 aliphatic carbocycles. The van der Waals surface area contributed by atoms with E-state index in [4.69, 9.17) is 14.8 Å². The molecule has 0 radical (unpaired) electrons. The number of pyridine rings is 1. The van der Waals surface area contributed by atoms with E-state index in [0.29, 0.717) is 19.7 Å². The summed E-state index contributed by atoms with van der Waals surface area (Å²) in [5, 5.41) is 27.6. The van der Waals surface area contributed by atoms with Gasteiger partial charge in [0.2, 0.25) is 0 Å². The van der Waals surface area contributed by atoms with Crippen molar-refractivity contribution in [2.75, 3.05) is 44.7 Å². The van der Waals surface area contributed by atoms with Gasteiger partial charge < -0.3 is 30.5 Å². The van der Waals surface area contributed by atoms with Gasteiger partial charge in [0.05, 0.1) is 29.7 Å². The summed E-state index contributed by atoms with van der Waals surface area (Å²) in [5.41, 5.74) is 7.58. The normalized spacial score (nSPS) is 15.8. The van der Waals surface area contributed by atoms with E-state index in [1.807, 2.05) is 18.3 Å². The molecule has 2 aromatic heterocycles. The van der Waals surface area contributed by atoms with Crippen molar-refractivity contribution in [1.82, 2.24) is 15.2 Å². The molecule has 7 nitrogen and oxygen atoms in total.